The van der Waals surface area contributed by atoms with Crippen molar-refractivity contribution in [2.75, 3.05) is 13.3 Å². The molecule has 18 heavy (non-hydrogen) atoms. The third-order valence-corrected chi connectivity index (χ3v) is 2.82. The molecule has 1 amide bonds. The van der Waals surface area contributed by atoms with Crippen LogP contribution in [0, 0.1) is 0 Å². The van der Waals surface area contributed by atoms with Gasteiger partial charge in [-0.25, -0.2) is 0 Å². The van der Waals surface area contributed by atoms with Crippen molar-refractivity contribution in [1.82, 2.24) is 5.32 Å². The monoisotopic (exact) mass is 250 g/mol. The summed E-state index contributed by atoms with van der Waals surface area (Å²) in [7, 11) is 0. The lowest BCUT2D eigenvalue weighted by atomic mass is 10.0. The van der Waals surface area contributed by atoms with Gasteiger partial charge in [-0.05, 0) is 19.9 Å². The zero-order valence-electron chi connectivity index (χ0n) is 10.7. The largest absolute Gasteiger partial charge is 0.454 e. The van der Waals surface area contributed by atoms with Gasteiger partial charge in [0.15, 0.2) is 11.5 Å². The summed E-state index contributed by atoms with van der Waals surface area (Å²) in [5.74, 6) is 1.28. The number of nitrogens with two attached hydrogens (primary N) is 1. The molecule has 5 heteroatoms. The van der Waals surface area contributed by atoms with Crippen LogP contribution >= 0.6 is 0 Å². The number of amides is 1. The summed E-state index contributed by atoms with van der Waals surface area (Å²) in [6.45, 7) is 4.38. The Morgan fingerprint density at radius 2 is 2.22 bits per heavy atom. The quantitative estimate of drug-likeness (QED) is 0.829. The first kappa shape index (κ1) is 12.7. The van der Waals surface area contributed by atoms with Crippen molar-refractivity contribution in [3.05, 3.63) is 23.8 Å². The van der Waals surface area contributed by atoms with E-state index in [9.17, 15) is 4.79 Å². The first-order valence-electron chi connectivity index (χ1n) is 5.90. The second-order valence-electron chi connectivity index (χ2n) is 4.96. The van der Waals surface area contributed by atoms with E-state index in [1.54, 1.807) is 0 Å². The van der Waals surface area contributed by atoms with E-state index in [1.807, 2.05) is 32.0 Å². The molecule has 1 aliphatic rings. The molecule has 0 aromatic heterocycles. The molecule has 3 N–H and O–H groups in total. The van der Waals surface area contributed by atoms with Gasteiger partial charge in [0.25, 0.3) is 0 Å². The number of ether oxygens (including phenoxy) is 2. The Balaban J connectivity index is 2.06. The van der Waals surface area contributed by atoms with Crippen LogP contribution in [0.5, 0.6) is 11.5 Å². The molecular weight excluding hydrogens is 232 g/mol. The number of carbonyl (C=O) groups is 1. The Bertz CT molecular complexity index is 458. The molecule has 2 rings (SSSR count). The summed E-state index contributed by atoms with van der Waals surface area (Å²) in [6.07, 6.45) is 0.260. The van der Waals surface area contributed by atoms with Crippen molar-refractivity contribution < 1.29 is 14.3 Å². The van der Waals surface area contributed by atoms with Gasteiger partial charge in [-0.1, -0.05) is 12.1 Å². The highest BCUT2D eigenvalue weighted by atomic mass is 16.7. The molecule has 0 bridgehead atoms. The number of carbonyl (C=O) groups excluding carboxylic acids is 1. The molecule has 1 heterocycles. The molecule has 0 atom stereocenters. The summed E-state index contributed by atoms with van der Waals surface area (Å²) < 4.78 is 10.6. The summed E-state index contributed by atoms with van der Waals surface area (Å²) in [4.78, 5) is 11.9. The van der Waals surface area contributed by atoms with Crippen LogP contribution in [0.3, 0.4) is 0 Å². The molecule has 0 aliphatic carbocycles. The van der Waals surface area contributed by atoms with Gasteiger partial charge in [-0.2, -0.15) is 0 Å². The van der Waals surface area contributed by atoms with E-state index in [1.165, 1.54) is 0 Å². The Morgan fingerprint density at radius 3 is 2.94 bits per heavy atom. The van der Waals surface area contributed by atoms with Crippen LogP contribution in [-0.4, -0.2) is 24.8 Å². The Morgan fingerprint density at radius 1 is 1.44 bits per heavy atom. The molecule has 0 radical (unpaired) electrons. The molecule has 98 valence electrons. The lowest BCUT2D eigenvalue weighted by molar-refractivity contribution is -0.121. The third-order valence-electron chi connectivity index (χ3n) is 2.82. The van der Waals surface area contributed by atoms with Gasteiger partial charge in [0.2, 0.25) is 12.7 Å². The van der Waals surface area contributed by atoms with Crippen molar-refractivity contribution in [3.8, 4) is 11.5 Å². The molecule has 0 spiro atoms. The van der Waals surface area contributed by atoms with Gasteiger partial charge >= 0.3 is 0 Å². The van der Waals surface area contributed by atoms with Gasteiger partial charge in [-0.3, -0.25) is 4.79 Å². The van der Waals surface area contributed by atoms with E-state index >= 15 is 0 Å². The minimum atomic E-state index is -0.396. The summed E-state index contributed by atoms with van der Waals surface area (Å²) in [5, 5.41) is 2.89. The second kappa shape index (κ2) is 4.86. The van der Waals surface area contributed by atoms with Crippen LogP contribution < -0.4 is 20.5 Å². The zero-order chi connectivity index (χ0) is 13.2. The number of hydrogen-bond donors (Lipinski definition) is 2. The number of hydrogen-bond acceptors (Lipinski definition) is 4. The Kier molecular flexibility index (Phi) is 3.43. The van der Waals surface area contributed by atoms with Gasteiger partial charge in [0.1, 0.15) is 0 Å². The third kappa shape index (κ3) is 2.73. The first-order valence-corrected chi connectivity index (χ1v) is 5.90. The Hall–Kier alpha value is -1.75. The Labute approximate surface area is 106 Å². The minimum Gasteiger partial charge on any atom is -0.454 e. The van der Waals surface area contributed by atoms with Crippen LogP contribution in [0.15, 0.2) is 18.2 Å². The van der Waals surface area contributed by atoms with E-state index in [-0.39, 0.29) is 19.1 Å². The average Bonchev–Trinajstić information content (AvgIpc) is 2.77. The smallest absolute Gasteiger partial charge is 0.231 e. The SMILES string of the molecule is CC(C)(CN)NC(=O)Cc1cccc2c1OCO2. The normalized spacial score (nSPS) is 13.5. The van der Waals surface area contributed by atoms with Gasteiger partial charge in [0, 0.05) is 17.6 Å². The fourth-order valence-corrected chi connectivity index (χ4v) is 1.78. The van der Waals surface area contributed by atoms with Crippen LogP contribution in [-0.2, 0) is 11.2 Å². The molecule has 0 saturated carbocycles. The van der Waals surface area contributed by atoms with Gasteiger partial charge in [0.05, 0.1) is 6.42 Å². The standard InChI is InChI=1S/C13H18N2O3/c1-13(2,7-14)15-11(16)6-9-4-3-5-10-12(9)18-8-17-10/h3-5H,6-8,14H2,1-2H3,(H,15,16). The maximum Gasteiger partial charge on any atom is 0.231 e. The number of benzene rings is 1. The lowest BCUT2D eigenvalue weighted by Gasteiger charge is -2.24. The van der Waals surface area contributed by atoms with Crippen molar-refractivity contribution in [2.45, 2.75) is 25.8 Å². The van der Waals surface area contributed by atoms with Crippen LogP contribution in [0.4, 0.5) is 0 Å². The van der Waals surface area contributed by atoms with Crippen LogP contribution in [0.1, 0.15) is 19.4 Å². The second-order valence-corrected chi connectivity index (χ2v) is 4.96. The predicted molar refractivity (Wildman–Crippen MR) is 67.5 cm³/mol. The lowest BCUT2D eigenvalue weighted by Crippen LogP contribution is -2.49. The van der Waals surface area contributed by atoms with E-state index in [4.69, 9.17) is 15.2 Å². The van der Waals surface area contributed by atoms with Gasteiger partial charge < -0.3 is 20.5 Å². The zero-order valence-corrected chi connectivity index (χ0v) is 10.7. The van der Waals surface area contributed by atoms with Crippen molar-refractivity contribution >= 4 is 5.91 Å². The molecule has 0 fully saturated rings. The summed E-state index contributed by atoms with van der Waals surface area (Å²) >= 11 is 0. The number of rotatable bonds is 4. The maximum absolute atomic E-state index is 11.9. The highest BCUT2D eigenvalue weighted by Crippen LogP contribution is 2.35. The fourth-order valence-electron chi connectivity index (χ4n) is 1.78. The molecule has 5 nitrogen and oxygen atoms in total. The fraction of sp³-hybridized carbons (Fsp3) is 0.462. The van der Waals surface area contributed by atoms with E-state index in [0.29, 0.717) is 18.0 Å². The van der Waals surface area contributed by atoms with E-state index in [2.05, 4.69) is 5.32 Å². The van der Waals surface area contributed by atoms with Crippen molar-refractivity contribution in [2.24, 2.45) is 5.73 Å². The maximum atomic E-state index is 11.9. The molecule has 0 unspecified atom stereocenters. The highest BCUT2D eigenvalue weighted by molar-refractivity contribution is 5.80. The number of para-hydroxylation sites is 1. The number of nitrogens with one attached hydrogen (secondary N) is 1. The molecule has 1 aromatic carbocycles. The summed E-state index contributed by atoms with van der Waals surface area (Å²) in [6, 6.07) is 5.54. The predicted octanol–water partition coefficient (Wildman–Crippen LogP) is 0.811. The molecule has 1 aliphatic heterocycles. The van der Waals surface area contributed by atoms with E-state index in [0.717, 1.165) is 5.56 Å². The highest BCUT2D eigenvalue weighted by Gasteiger charge is 2.22. The summed E-state index contributed by atoms with van der Waals surface area (Å²) in [5.41, 5.74) is 6.01. The first-order chi connectivity index (χ1) is 8.52. The van der Waals surface area contributed by atoms with E-state index < -0.39 is 5.54 Å². The average molecular weight is 250 g/mol. The molecule has 0 saturated heterocycles. The van der Waals surface area contributed by atoms with Crippen molar-refractivity contribution in [3.63, 3.8) is 0 Å². The topological polar surface area (TPSA) is 73.6 Å². The molecule has 1 aromatic rings. The van der Waals surface area contributed by atoms with Crippen LogP contribution in [0.2, 0.25) is 0 Å². The molecular formula is C13H18N2O3. The van der Waals surface area contributed by atoms with Gasteiger partial charge in [-0.15, -0.1) is 0 Å². The van der Waals surface area contributed by atoms with Crippen molar-refractivity contribution in [1.29, 1.82) is 0 Å². The number of fused-ring (bicyclic) bond motifs is 1. The minimum absolute atomic E-state index is 0.0747. The van der Waals surface area contributed by atoms with Crippen LogP contribution in [0.25, 0.3) is 0 Å².